The van der Waals surface area contributed by atoms with Crippen molar-refractivity contribution in [3.63, 3.8) is 0 Å². The van der Waals surface area contributed by atoms with Crippen LogP contribution in [0.15, 0.2) is 46.7 Å². The quantitative estimate of drug-likeness (QED) is 0.547. The van der Waals surface area contributed by atoms with E-state index in [1.165, 1.54) is 8.61 Å². The summed E-state index contributed by atoms with van der Waals surface area (Å²) >= 11 is 1.11. The fourth-order valence-electron chi connectivity index (χ4n) is 3.86. The minimum atomic E-state index is -3.58. The molecule has 2 saturated heterocycles. The normalized spacial score (nSPS) is 19.0. The second-order valence-electron chi connectivity index (χ2n) is 7.94. The van der Waals surface area contributed by atoms with E-state index in [1.807, 2.05) is 18.2 Å². The van der Waals surface area contributed by atoms with E-state index in [0.717, 1.165) is 16.9 Å². The van der Waals surface area contributed by atoms with Crippen LogP contribution < -0.4 is 0 Å². The molecule has 2 fully saturated rings. The van der Waals surface area contributed by atoms with Gasteiger partial charge >= 0.3 is 0 Å². The first kappa shape index (κ1) is 24.3. The Kier molecular flexibility index (Phi) is 7.51. The molecule has 12 heteroatoms. The van der Waals surface area contributed by atoms with Crippen molar-refractivity contribution in [2.45, 2.75) is 16.4 Å². The number of hydrogen-bond donors (Lipinski definition) is 0. The minimum absolute atomic E-state index is 0.0582. The molecular weight excluding hydrogens is 486 g/mol. The van der Waals surface area contributed by atoms with Crippen LogP contribution in [0.1, 0.15) is 10.4 Å². The van der Waals surface area contributed by atoms with Crippen LogP contribution in [0.5, 0.6) is 0 Å². The average molecular weight is 514 g/mol. The molecule has 1 amide bonds. The fraction of sp³-hybridized carbons (Fsp3) is 0.476. The predicted molar refractivity (Wildman–Crippen MR) is 125 cm³/mol. The maximum absolute atomic E-state index is 12.8. The Morgan fingerprint density at radius 2 is 1.52 bits per heavy atom. The van der Waals surface area contributed by atoms with Gasteiger partial charge in [-0.25, -0.2) is 16.8 Å². The predicted octanol–water partition coefficient (Wildman–Crippen LogP) is 0.986. The van der Waals surface area contributed by atoms with Gasteiger partial charge in [0.1, 0.15) is 4.21 Å². The Hall–Kier alpha value is -1.83. The number of carbonyl (C=O) groups excluding carboxylic acids is 1. The highest BCUT2D eigenvalue weighted by Crippen LogP contribution is 2.26. The summed E-state index contributed by atoms with van der Waals surface area (Å²) in [6, 6.07) is 12.3. The Morgan fingerprint density at radius 1 is 0.848 bits per heavy atom. The molecule has 3 heterocycles. The number of amides is 1. The monoisotopic (exact) mass is 513 g/mol. The minimum Gasteiger partial charge on any atom is -0.379 e. The van der Waals surface area contributed by atoms with Crippen LogP contribution in [-0.2, 0) is 41.8 Å². The van der Waals surface area contributed by atoms with E-state index in [0.29, 0.717) is 44.3 Å². The Balaban J connectivity index is 1.32. The molecule has 0 unspecified atom stereocenters. The second-order valence-corrected chi connectivity index (χ2v) is 13.2. The number of rotatable bonds is 7. The Labute approximate surface area is 198 Å². The summed E-state index contributed by atoms with van der Waals surface area (Å²) in [7, 11) is -7.03. The van der Waals surface area contributed by atoms with E-state index >= 15 is 0 Å². The van der Waals surface area contributed by atoms with Gasteiger partial charge in [-0.1, -0.05) is 30.3 Å². The van der Waals surface area contributed by atoms with Gasteiger partial charge < -0.3 is 9.64 Å². The number of piperazine rings is 1. The standard InChI is InChI=1S/C21H27N3O6S3/c25-20(16-19-6-7-21(31-19)33(28,29)24-12-14-30-15-13-24)22-8-10-23(11-9-22)32(26,27)17-18-4-2-1-3-5-18/h1-7H,8-17H2. The van der Waals surface area contributed by atoms with Gasteiger partial charge in [0.05, 0.1) is 25.4 Å². The zero-order chi connectivity index (χ0) is 23.5. The lowest BCUT2D eigenvalue weighted by molar-refractivity contribution is -0.131. The third-order valence-corrected chi connectivity index (χ3v) is 11.0. The van der Waals surface area contributed by atoms with Gasteiger partial charge in [-0.15, -0.1) is 11.3 Å². The maximum atomic E-state index is 12.8. The van der Waals surface area contributed by atoms with Gasteiger partial charge in [-0.05, 0) is 17.7 Å². The molecule has 2 aliphatic heterocycles. The summed E-state index contributed by atoms with van der Waals surface area (Å²) in [5, 5.41) is 0. The molecule has 0 radical (unpaired) electrons. The summed E-state index contributed by atoms with van der Waals surface area (Å²) in [4.78, 5) is 15.1. The van der Waals surface area contributed by atoms with Crippen LogP contribution in [-0.4, -0.2) is 88.7 Å². The van der Waals surface area contributed by atoms with Crippen molar-refractivity contribution in [2.24, 2.45) is 0 Å². The number of morpholine rings is 1. The Morgan fingerprint density at radius 3 is 2.18 bits per heavy atom. The first-order valence-corrected chi connectivity index (χ1v) is 14.6. The van der Waals surface area contributed by atoms with E-state index < -0.39 is 20.0 Å². The molecule has 1 aromatic carbocycles. The highest BCUT2D eigenvalue weighted by molar-refractivity contribution is 7.91. The highest BCUT2D eigenvalue weighted by Gasteiger charge is 2.30. The first-order chi connectivity index (χ1) is 15.8. The number of thiophene rings is 1. The number of hydrogen-bond acceptors (Lipinski definition) is 7. The topological polar surface area (TPSA) is 104 Å². The molecule has 180 valence electrons. The van der Waals surface area contributed by atoms with Gasteiger partial charge in [-0.3, -0.25) is 4.79 Å². The fourth-order valence-corrected chi connectivity index (χ4v) is 8.28. The molecule has 2 aliphatic rings. The van der Waals surface area contributed by atoms with Crippen LogP contribution in [0.4, 0.5) is 0 Å². The van der Waals surface area contributed by atoms with Crippen molar-refractivity contribution in [1.82, 2.24) is 13.5 Å². The molecule has 0 bridgehead atoms. The van der Waals surface area contributed by atoms with Gasteiger partial charge in [0, 0.05) is 44.1 Å². The lowest BCUT2D eigenvalue weighted by Gasteiger charge is -2.34. The number of nitrogens with zero attached hydrogens (tertiary/aromatic N) is 3. The van der Waals surface area contributed by atoms with Gasteiger partial charge in [0.15, 0.2) is 0 Å². The Bertz CT molecular complexity index is 1170. The molecule has 0 saturated carbocycles. The van der Waals surface area contributed by atoms with E-state index in [-0.39, 0.29) is 35.4 Å². The van der Waals surface area contributed by atoms with Crippen molar-refractivity contribution >= 4 is 37.3 Å². The summed E-state index contributed by atoms with van der Waals surface area (Å²) < 4.78 is 59.2. The number of benzene rings is 1. The van der Waals surface area contributed by atoms with Crippen molar-refractivity contribution in [3.8, 4) is 0 Å². The molecule has 0 N–H and O–H groups in total. The van der Waals surface area contributed by atoms with Crippen molar-refractivity contribution in [1.29, 1.82) is 0 Å². The number of ether oxygens (including phenoxy) is 1. The molecule has 0 spiro atoms. The molecular formula is C21H27N3O6S3. The van der Waals surface area contributed by atoms with Gasteiger partial charge in [0.2, 0.25) is 15.9 Å². The molecule has 9 nitrogen and oxygen atoms in total. The van der Waals surface area contributed by atoms with Crippen LogP contribution in [0.3, 0.4) is 0 Å². The smallest absolute Gasteiger partial charge is 0.252 e. The van der Waals surface area contributed by atoms with Crippen LogP contribution in [0, 0.1) is 0 Å². The van der Waals surface area contributed by atoms with Gasteiger partial charge in [-0.2, -0.15) is 8.61 Å². The van der Waals surface area contributed by atoms with Crippen molar-refractivity contribution in [3.05, 3.63) is 52.9 Å². The summed E-state index contributed by atoms with van der Waals surface area (Å²) in [5.41, 5.74) is 0.733. The van der Waals surface area contributed by atoms with Gasteiger partial charge in [0.25, 0.3) is 10.0 Å². The second kappa shape index (κ2) is 10.2. The number of carbonyl (C=O) groups is 1. The van der Waals surface area contributed by atoms with E-state index in [9.17, 15) is 21.6 Å². The van der Waals surface area contributed by atoms with E-state index in [2.05, 4.69) is 0 Å². The zero-order valence-corrected chi connectivity index (χ0v) is 20.6. The number of sulfonamides is 2. The van der Waals surface area contributed by atoms with Crippen molar-refractivity contribution < 1.29 is 26.4 Å². The molecule has 1 aromatic heterocycles. The van der Waals surface area contributed by atoms with E-state index in [1.54, 1.807) is 29.2 Å². The summed E-state index contributed by atoms with van der Waals surface area (Å²) in [6.07, 6.45) is 0.0973. The molecule has 0 aliphatic carbocycles. The molecule has 4 rings (SSSR count). The average Bonchev–Trinajstić information content (AvgIpc) is 3.29. The maximum Gasteiger partial charge on any atom is 0.252 e. The van der Waals surface area contributed by atoms with Crippen LogP contribution >= 0.6 is 11.3 Å². The summed E-state index contributed by atoms with van der Waals surface area (Å²) in [5.74, 6) is -0.190. The molecule has 0 atom stereocenters. The molecule has 2 aromatic rings. The van der Waals surface area contributed by atoms with Crippen LogP contribution in [0.25, 0.3) is 0 Å². The lowest BCUT2D eigenvalue weighted by atomic mass is 10.2. The lowest BCUT2D eigenvalue weighted by Crippen LogP contribution is -2.51. The SMILES string of the molecule is O=C(Cc1ccc(S(=O)(=O)N2CCOCC2)s1)N1CCN(S(=O)(=O)Cc2ccccc2)CC1. The first-order valence-electron chi connectivity index (χ1n) is 10.7. The third-order valence-electron chi connectivity index (χ3n) is 5.70. The molecule has 33 heavy (non-hydrogen) atoms. The van der Waals surface area contributed by atoms with E-state index in [4.69, 9.17) is 4.74 Å². The zero-order valence-electron chi connectivity index (χ0n) is 18.1. The third kappa shape index (κ3) is 5.81. The highest BCUT2D eigenvalue weighted by atomic mass is 32.2. The van der Waals surface area contributed by atoms with Crippen molar-refractivity contribution in [2.75, 3.05) is 52.5 Å². The van der Waals surface area contributed by atoms with Crippen LogP contribution in [0.2, 0.25) is 0 Å². The summed E-state index contributed by atoms with van der Waals surface area (Å²) in [6.45, 7) is 2.54. The largest absolute Gasteiger partial charge is 0.379 e.